The lowest BCUT2D eigenvalue weighted by atomic mass is 10.1. The molecule has 0 amide bonds. The van der Waals surface area contributed by atoms with Crippen LogP contribution in [0, 0.1) is 0 Å². The maximum Gasteiger partial charge on any atom is 0.254 e. The molecule has 1 aromatic rings. The minimum atomic E-state index is -0.601. The van der Waals surface area contributed by atoms with Crippen LogP contribution in [0.3, 0.4) is 0 Å². The average molecular weight is 216 g/mol. The van der Waals surface area contributed by atoms with Gasteiger partial charge in [0, 0.05) is 32.2 Å². The summed E-state index contributed by atoms with van der Waals surface area (Å²) in [5.74, 6) is 0. The van der Waals surface area contributed by atoms with Crippen LogP contribution in [-0.2, 0) is 9.47 Å². The number of carbonyl (C=O) groups excluding carboxylic acids is 1. The summed E-state index contributed by atoms with van der Waals surface area (Å²) in [4.78, 5) is 14.8. The number of nitrogens with zero attached hydrogens (tertiary/aromatic N) is 1. The lowest BCUT2D eigenvalue weighted by molar-refractivity contribution is -0.106. The van der Waals surface area contributed by atoms with Gasteiger partial charge in [-0.25, -0.2) is 0 Å². The van der Waals surface area contributed by atoms with Gasteiger partial charge >= 0.3 is 0 Å². The van der Waals surface area contributed by atoms with Crippen molar-refractivity contribution in [1.82, 2.24) is 4.98 Å². The molecule has 0 aromatic carbocycles. The van der Waals surface area contributed by atoms with Crippen LogP contribution in [-0.4, -0.2) is 24.4 Å². The van der Waals surface area contributed by atoms with Crippen LogP contribution in [0.25, 0.3) is 0 Å². The molecule has 0 aliphatic heterocycles. The lowest BCUT2D eigenvalue weighted by Crippen LogP contribution is -2.08. The van der Waals surface area contributed by atoms with Gasteiger partial charge in [0.1, 0.15) is 0 Å². The van der Waals surface area contributed by atoms with Crippen LogP contribution in [0.15, 0.2) is 18.5 Å². The zero-order valence-corrected chi connectivity index (χ0v) is 8.62. The van der Waals surface area contributed by atoms with Crippen LogP contribution >= 0.6 is 11.6 Å². The number of halogens is 1. The van der Waals surface area contributed by atoms with Gasteiger partial charge in [-0.2, -0.15) is 0 Å². The molecule has 0 spiro atoms. The molecule has 0 aliphatic carbocycles. The number of hydrogen-bond acceptors (Lipinski definition) is 4. The minimum Gasteiger partial charge on any atom is -0.352 e. The molecular weight excluding hydrogens is 206 g/mol. The Bertz CT molecular complexity index is 326. The standard InChI is InChI=1S/C9H10ClNO3/c1-13-9(14-2)6-3-4-11-5-7(6)8(10)12/h3-5,9H,1-2H3. The maximum absolute atomic E-state index is 11.0. The number of rotatable bonds is 4. The molecule has 0 N–H and O–H groups in total. The Morgan fingerprint density at radius 1 is 1.50 bits per heavy atom. The topological polar surface area (TPSA) is 48.4 Å². The highest BCUT2D eigenvalue weighted by molar-refractivity contribution is 6.67. The molecular formula is C9H10ClNO3. The second-order valence-corrected chi connectivity index (χ2v) is 2.88. The Hall–Kier alpha value is -0.970. The van der Waals surface area contributed by atoms with Crippen molar-refractivity contribution >= 4 is 16.8 Å². The van der Waals surface area contributed by atoms with Gasteiger partial charge in [-0.1, -0.05) is 0 Å². The number of aromatic nitrogens is 1. The number of pyridine rings is 1. The summed E-state index contributed by atoms with van der Waals surface area (Å²) in [6.07, 6.45) is 2.33. The van der Waals surface area contributed by atoms with Gasteiger partial charge in [0.05, 0.1) is 5.56 Å². The summed E-state index contributed by atoms with van der Waals surface area (Å²) < 4.78 is 10.0. The monoisotopic (exact) mass is 215 g/mol. The molecule has 0 fully saturated rings. The Morgan fingerprint density at radius 2 is 2.14 bits per heavy atom. The summed E-state index contributed by atoms with van der Waals surface area (Å²) in [7, 11) is 2.97. The van der Waals surface area contributed by atoms with Crippen molar-refractivity contribution in [3.63, 3.8) is 0 Å². The second-order valence-electron chi connectivity index (χ2n) is 2.54. The lowest BCUT2D eigenvalue weighted by Gasteiger charge is -2.15. The van der Waals surface area contributed by atoms with E-state index in [1.807, 2.05) is 0 Å². The summed E-state index contributed by atoms with van der Waals surface area (Å²) in [6, 6.07) is 1.63. The van der Waals surface area contributed by atoms with Crippen molar-refractivity contribution in [2.45, 2.75) is 6.29 Å². The van der Waals surface area contributed by atoms with E-state index < -0.39 is 11.5 Å². The molecule has 5 heteroatoms. The highest BCUT2D eigenvalue weighted by Crippen LogP contribution is 2.21. The van der Waals surface area contributed by atoms with E-state index in [0.29, 0.717) is 11.1 Å². The van der Waals surface area contributed by atoms with Gasteiger partial charge in [-0.15, -0.1) is 0 Å². The van der Waals surface area contributed by atoms with Crippen molar-refractivity contribution in [3.8, 4) is 0 Å². The van der Waals surface area contributed by atoms with Gasteiger partial charge < -0.3 is 9.47 Å². The zero-order valence-electron chi connectivity index (χ0n) is 7.86. The van der Waals surface area contributed by atoms with E-state index in [1.54, 1.807) is 12.3 Å². The maximum atomic E-state index is 11.0. The van der Waals surface area contributed by atoms with E-state index in [9.17, 15) is 4.79 Å². The fourth-order valence-corrected chi connectivity index (χ4v) is 1.28. The third-order valence-corrected chi connectivity index (χ3v) is 1.95. The van der Waals surface area contributed by atoms with Crippen LogP contribution < -0.4 is 0 Å². The molecule has 0 radical (unpaired) electrons. The van der Waals surface area contributed by atoms with Crippen LogP contribution in [0.2, 0.25) is 0 Å². The third kappa shape index (κ3) is 2.29. The molecule has 14 heavy (non-hydrogen) atoms. The summed E-state index contributed by atoms with van der Waals surface area (Å²) in [6.45, 7) is 0. The highest BCUT2D eigenvalue weighted by atomic mass is 35.5. The first kappa shape index (κ1) is 11.1. The van der Waals surface area contributed by atoms with E-state index in [4.69, 9.17) is 21.1 Å². The van der Waals surface area contributed by atoms with Gasteiger partial charge in [0.2, 0.25) is 0 Å². The first-order valence-corrected chi connectivity index (χ1v) is 4.27. The number of methoxy groups -OCH3 is 2. The van der Waals surface area contributed by atoms with E-state index in [-0.39, 0.29) is 0 Å². The third-order valence-electron chi connectivity index (χ3n) is 1.75. The Labute approximate surface area is 86.8 Å². The number of hydrogen-bond donors (Lipinski definition) is 0. The molecule has 0 bridgehead atoms. The molecule has 0 unspecified atom stereocenters. The SMILES string of the molecule is COC(OC)c1ccncc1C(=O)Cl. The number of carbonyl (C=O) groups is 1. The quantitative estimate of drug-likeness (QED) is 0.567. The molecule has 1 aromatic heterocycles. The van der Waals surface area contributed by atoms with Crippen molar-refractivity contribution in [2.75, 3.05) is 14.2 Å². The van der Waals surface area contributed by atoms with E-state index >= 15 is 0 Å². The van der Waals surface area contributed by atoms with Crippen molar-refractivity contribution in [3.05, 3.63) is 29.6 Å². The first-order valence-electron chi connectivity index (χ1n) is 3.90. The van der Waals surface area contributed by atoms with Crippen molar-refractivity contribution in [2.24, 2.45) is 0 Å². The van der Waals surface area contributed by atoms with Crippen molar-refractivity contribution in [1.29, 1.82) is 0 Å². The van der Waals surface area contributed by atoms with Crippen molar-refractivity contribution < 1.29 is 14.3 Å². The largest absolute Gasteiger partial charge is 0.352 e. The predicted octanol–water partition coefficient (Wildman–Crippen LogP) is 1.75. The fourth-order valence-electron chi connectivity index (χ4n) is 1.13. The Morgan fingerprint density at radius 3 is 2.64 bits per heavy atom. The van der Waals surface area contributed by atoms with Gasteiger partial charge in [-0.05, 0) is 17.7 Å². The van der Waals surface area contributed by atoms with E-state index in [2.05, 4.69) is 4.98 Å². The van der Waals surface area contributed by atoms with Crippen LogP contribution in [0.1, 0.15) is 22.2 Å². The molecule has 4 nitrogen and oxygen atoms in total. The molecule has 0 aliphatic rings. The zero-order chi connectivity index (χ0) is 10.6. The molecule has 0 saturated carbocycles. The minimum absolute atomic E-state index is 0.294. The smallest absolute Gasteiger partial charge is 0.254 e. The molecule has 1 rings (SSSR count). The molecule has 0 saturated heterocycles. The van der Waals surface area contributed by atoms with Crippen LogP contribution in [0.5, 0.6) is 0 Å². The van der Waals surface area contributed by atoms with Gasteiger partial charge in [0.25, 0.3) is 5.24 Å². The van der Waals surface area contributed by atoms with E-state index in [0.717, 1.165) is 0 Å². The van der Waals surface area contributed by atoms with Gasteiger partial charge in [-0.3, -0.25) is 9.78 Å². The first-order chi connectivity index (χ1) is 6.70. The second kappa shape index (κ2) is 5.05. The molecule has 0 atom stereocenters. The predicted molar refractivity (Wildman–Crippen MR) is 51.2 cm³/mol. The van der Waals surface area contributed by atoms with Gasteiger partial charge in [0.15, 0.2) is 6.29 Å². The summed E-state index contributed by atoms with van der Waals surface area (Å²) >= 11 is 5.38. The van der Waals surface area contributed by atoms with E-state index in [1.165, 1.54) is 20.4 Å². The fraction of sp³-hybridized carbons (Fsp3) is 0.333. The summed E-state index contributed by atoms with van der Waals surface area (Å²) in [5, 5.41) is -0.577. The Balaban J connectivity index is 3.11. The average Bonchev–Trinajstić information content (AvgIpc) is 2.20. The molecule has 76 valence electrons. The number of ether oxygens (including phenoxy) is 2. The Kier molecular flexibility index (Phi) is 4.00. The highest BCUT2D eigenvalue weighted by Gasteiger charge is 2.17. The summed E-state index contributed by atoms with van der Waals surface area (Å²) in [5.41, 5.74) is 0.868. The normalized spacial score (nSPS) is 10.6. The molecule has 1 heterocycles. The van der Waals surface area contributed by atoms with Crippen LogP contribution in [0.4, 0.5) is 0 Å².